The van der Waals surface area contributed by atoms with E-state index in [9.17, 15) is 9.59 Å². The molecule has 1 heterocycles. The van der Waals surface area contributed by atoms with Gasteiger partial charge < -0.3 is 9.72 Å². The molecule has 5 heteroatoms. The highest BCUT2D eigenvalue weighted by Crippen LogP contribution is 2.31. The van der Waals surface area contributed by atoms with Gasteiger partial charge in [-0.25, -0.2) is 0 Å². The van der Waals surface area contributed by atoms with E-state index in [1.54, 1.807) is 6.92 Å². The predicted octanol–water partition coefficient (Wildman–Crippen LogP) is 2.78. The number of rotatable bonds is 5. The highest BCUT2D eigenvalue weighted by Gasteiger charge is 2.26. The van der Waals surface area contributed by atoms with Crippen LogP contribution >= 0.6 is 11.8 Å². The largest absolute Gasteiger partial charge is 0.465 e. The first-order chi connectivity index (χ1) is 9.13. The first kappa shape index (κ1) is 13.7. The zero-order valence-corrected chi connectivity index (χ0v) is 11.6. The zero-order chi connectivity index (χ0) is 13.8. The van der Waals surface area contributed by atoms with Gasteiger partial charge in [-0.1, -0.05) is 18.2 Å². The maximum atomic E-state index is 11.8. The molecule has 0 saturated carbocycles. The van der Waals surface area contributed by atoms with Gasteiger partial charge in [0.05, 0.1) is 6.61 Å². The van der Waals surface area contributed by atoms with Gasteiger partial charge in [0, 0.05) is 22.0 Å². The number of nitrogens with one attached hydrogen (secondary N) is 1. The van der Waals surface area contributed by atoms with Gasteiger partial charge in [0.25, 0.3) is 0 Å². The number of benzene rings is 1. The summed E-state index contributed by atoms with van der Waals surface area (Å²) in [6, 6.07) is 7.76. The maximum Gasteiger partial charge on any atom is 0.327 e. The molecule has 1 aromatic heterocycles. The Morgan fingerprint density at radius 1 is 1.37 bits per heavy atom. The SMILES string of the molecule is CCOC(=O)C(Sc1c[nH]c2ccccc12)C(C)=O. The van der Waals surface area contributed by atoms with Gasteiger partial charge in [-0.2, -0.15) is 0 Å². The number of esters is 1. The second kappa shape index (κ2) is 5.93. The Kier molecular flexibility index (Phi) is 4.27. The number of ketones is 1. The quantitative estimate of drug-likeness (QED) is 0.518. The van der Waals surface area contributed by atoms with Gasteiger partial charge in [0.15, 0.2) is 11.0 Å². The summed E-state index contributed by atoms with van der Waals surface area (Å²) in [5.74, 6) is -0.681. The fourth-order valence-corrected chi connectivity index (χ4v) is 2.80. The van der Waals surface area contributed by atoms with Crippen LogP contribution in [0.2, 0.25) is 0 Å². The van der Waals surface area contributed by atoms with Crippen LogP contribution in [0.1, 0.15) is 13.8 Å². The smallest absolute Gasteiger partial charge is 0.327 e. The molecule has 0 radical (unpaired) electrons. The van der Waals surface area contributed by atoms with Gasteiger partial charge >= 0.3 is 5.97 Å². The van der Waals surface area contributed by atoms with Crippen molar-refractivity contribution < 1.29 is 14.3 Å². The maximum absolute atomic E-state index is 11.8. The molecule has 0 spiro atoms. The van der Waals surface area contributed by atoms with Crippen LogP contribution in [0.4, 0.5) is 0 Å². The Hall–Kier alpha value is -1.75. The molecule has 1 aromatic carbocycles. The summed E-state index contributed by atoms with van der Waals surface area (Å²) in [6.07, 6.45) is 1.81. The van der Waals surface area contributed by atoms with Crippen LogP contribution in [-0.4, -0.2) is 28.6 Å². The van der Waals surface area contributed by atoms with E-state index >= 15 is 0 Å². The van der Waals surface area contributed by atoms with E-state index in [2.05, 4.69) is 4.98 Å². The average molecular weight is 277 g/mol. The van der Waals surface area contributed by atoms with Crippen molar-refractivity contribution in [3.05, 3.63) is 30.5 Å². The van der Waals surface area contributed by atoms with Crippen molar-refractivity contribution in [2.45, 2.75) is 24.0 Å². The van der Waals surface area contributed by atoms with E-state index in [-0.39, 0.29) is 12.4 Å². The second-order valence-corrected chi connectivity index (χ2v) is 5.21. The number of fused-ring (bicyclic) bond motifs is 1. The summed E-state index contributed by atoms with van der Waals surface area (Å²) >= 11 is 1.23. The van der Waals surface area contributed by atoms with Crippen molar-refractivity contribution in [2.75, 3.05) is 6.61 Å². The molecular weight excluding hydrogens is 262 g/mol. The Morgan fingerprint density at radius 2 is 2.11 bits per heavy atom. The molecule has 0 bridgehead atoms. The molecule has 19 heavy (non-hydrogen) atoms. The fraction of sp³-hybridized carbons (Fsp3) is 0.286. The first-order valence-corrected chi connectivity index (χ1v) is 6.91. The van der Waals surface area contributed by atoms with Crippen molar-refractivity contribution in [1.82, 2.24) is 4.98 Å². The molecule has 0 saturated heterocycles. The third kappa shape index (κ3) is 2.98. The minimum absolute atomic E-state index is 0.200. The Bertz CT molecular complexity index is 606. The van der Waals surface area contributed by atoms with Crippen LogP contribution in [-0.2, 0) is 14.3 Å². The molecule has 0 fully saturated rings. The van der Waals surface area contributed by atoms with Crippen LogP contribution in [0.5, 0.6) is 0 Å². The van der Waals surface area contributed by atoms with Crippen molar-refractivity contribution in [3.8, 4) is 0 Å². The lowest BCUT2D eigenvalue weighted by Crippen LogP contribution is -2.27. The molecule has 4 nitrogen and oxygen atoms in total. The molecular formula is C14H15NO3S. The van der Waals surface area contributed by atoms with Gasteiger partial charge in [0.2, 0.25) is 0 Å². The number of ether oxygens (including phenoxy) is 1. The minimum Gasteiger partial charge on any atom is -0.465 e. The Labute approximate surface area is 115 Å². The Morgan fingerprint density at radius 3 is 2.79 bits per heavy atom. The molecule has 2 rings (SSSR count). The van der Waals surface area contributed by atoms with E-state index < -0.39 is 11.2 Å². The molecule has 0 aliphatic carbocycles. The number of aromatic amines is 1. The van der Waals surface area contributed by atoms with Gasteiger partial charge in [-0.15, -0.1) is 11.8 Å². The highest BCUT2D eigenvalue weighted by molar-refractivity contribution is 8.01. The van der Waals surface area contributed by atoms with Crippen LogP contribution in [0, 0.1) is 0 Å². The molecule has 1 atom stereocenters. The summed E-state index contributed by atoms with van der Waals surface area (Å²) in [4.78, 5) is 27.4. The number of thioether (sulfide) groups is 1. The van der Waals surface area contributed by atoms with Crippen molar-refractivity contribution in [3.63, 3.8) is 0 Å². The number of hydrogen-bond donors (Lipinski definition) is 1. The van der Waals surface area contributed by atoms with E-state index in [1.807, 2.05) is 30.5 Å². The van der Waals surface area contributed by atoms with Crippen molar-refractivity contribution >= 4 is 34.4 Å². The zero-order valence-electron chi connectivity index (χ0n) is 10.8. The van der Waals surface area contributed by atoms with Gasteiger partial charge in [-0.05, 0) is 19.9 Å². The molecule has 0 aliphatic heterocycles. The summed E-state index contributed by atoms with van der Waals surface area (Å²) < 4.78 is 4.94. The molecule has 100 valence electrons. The molecule has 1 unspecified atom stereocenters. The number of hydrogen-bond acceptors (Lipinski definition) is 4. The topological polar surface area (TPSA) is 59.2 Å². The van der Waals surface area contributed by atoms with Gasteiger partial charge in [0.1, 0.15) is 0 Å². The lowest BCUT2D eigenvalue weighted by atomic mass is 10.2. The second-order valence-electron chi connectivity index (χ2n) is 4.06. The van der Waals surface area contributed by atoms with Crippen LogP contribution < -0.4 is 0 Å². The standard InChI is InChI=1S/C14H15NO3S/c1-3-18-14(17)13(9(2)16)19-12-8-15-11-7-5-4-6-10(11)12/h4-8,13,15H,3H2,1-2H3. The third-order valence-electron chi connectivity index (χ3n) is 2.67. The summed E-state index contributed by atoms with van der Waals surface area (Å²) in [5, 5.41) is 0.196. The van der Waals surface area contributed by atoms with Crippen LogP contribution in [0.15, 0.2) is 35.4 Å². The number of para-hydroxylation sites is 1. The van der Waals surface area contributed by atoms with Crippen LogP contribution in [0.25, 0.3) is 10.9 Å². The number of Topliss-reactive ketones (excluding diaryl/α,β-unsaturated/α-hetero) is 1. The monoisotopic (exact) mass is 277 g/mol. The summed E-state index contributed by atoms with van der Waals surface area (Å²) in [7, 11) is 0. The first-order valence-electron chi connectivity index (χ1n) is 6.03. The van der Waals surface area contributed by atoms with E-state index in [1.165, 1.54) is 18.7 Å². The lowest BCUT2D eigenvalue weighted by molar-refractivity contribution is -0.144. The van der Waals surface area contributed by atoms with E-state index in [0.717, 1.165) is 15.8 Å². The fourth-order valence-electron chi connectivity index (χ4n) is 1.78. The number of aromatic nitrogens is 1. The third-order valence-corrected chi connectivity index (χ3v) is 4.02. The van der Waals surface area contributed by atoms with Crippen molar-refractivity contribution in [2.24, 2.45) is 0 Å². The highest BCUT2D eigenvalue weighted by atomic mass is 32.2. The van der Waals surface area contributed by atoms with E-state index in [4.69, 9.17) is 4.74 Å². The number of carbonyl (C=O) groups is 2. The number of H-pyrrole nitrogens is 1. The van der Waals surface area contributed by atoms with E-state index in [0.29, 0.717) is 0 Å². The molecule has 0 amide bonds. The number of carbonyl (C=O) groups excluding carboxylic acids is 2. The molecule has 2 aromatic rings. The molecule has 1 N–H and O–H groups in total. The normalized spacial score (nSPS) is 12.3. The summed E-state index contributed by atoms with van der Waals surface area (Å²) in [6.45, 7) is 3.41. The van der Waals surface area contributed by atoms with Crippen molar-refractivity contribution in [1.29, 1.82) is 0 Å². The Balaban J connectivity index is 2.26. The minimum atomic E-state index is -0.806. The predicted molar refractivity (Wildman–Crippen MR) is 75.3 cm³/mol. The summed E-state index contributed by atoms with van der Waals surface area (Å²) in [5.41, 5.74) is 0.983. The van der Waals surface area contributed by atoms with Gasteiger partial charge in [-0.3, -0.25) is 9.59 Å². The lowest BCUT2D eigenvalue weighted by Gasteiger charge is -2.11. The average Bonchev–Trinajstić information content (AvgIpc) is 2.79. The van der Waals surface area contributed by atoms with Crippen LogP contribution in [0.3, 0.4) is 0 Å². The molecule has 0 aliphatic rings.